The number of halogens is 3. The lowest BCUT2D eigenvalue weighted by atomic mass is 10.2. The topological polar surface area (TPSA) is 72.2 Å². The van der Waals surface area contributed by atoms with Gasteiger partial charge in [-0.05, 0) is 58.5 Å². The molecule has 0 aromatic heterocycles. The average Bonchev–Trinajstić information content (AvgIpc) is 2.37. The molecule has 21 heavy (non-hydrogen) atoms. The first-order chi connectivity index (χ1) is 9.83. The summed E-state index contributed by atoms with van der Waals surface area (Å²) in [4.78, 5) is -0.0483. The Labute approximate surface area is 146 Å². The number of anilines is 1. The summed E-state index contributed by atoms with van der Waals surface area (Å²) in [6, 6.07) is 9.77. The summed E-state index contributed by atoms with van der Waals surface area (Å²) in [6.45, 7) is 0.127. The molecular weight excluding hydrogens is 446 g/mol. The molecule has 4 nitrogen and oxygen atoms in total. The first-order valence-corrected chi connectivity index (χ1v) is 9.11. The quantitative estimate of drug-likeness (QED) is 0.686. The Bertz CT molecular complexity index is 782. The Morgan fingerprint density at radius 2 is 1.86 bits per heavy atom. The fourth-order valence-corrected chi connectivity index (χ4v) is 4.16. The fourth-order valence-electron chi connectivity index (χ4n) is 1.70. The normalized spacial score (nSPS) is 11.4. The van der Waals surface area contributed by atoms with Crippen molar-refractivity contribution >= 4 is 61.5 Å². The molecule has 2 rings (SSSR count). The standard InChI is InChI=1S/C13H11Cl2IN2O2S/c14-11-6-12(15)13(4-8(11)7-17)21(19,20)18-10-3-1-2-9(16)5-10/h1-6,18H,7,17H2. The third-order valence-corrected chi connectivity index (χ3v) is 5.56. The summed E-state index contributed by atoms with van der Waals surface area (Å²) >= 11 is 14.0. The van der Waals surface area contributed by atoms with Gasteiger partial charge in [-0.3, -0.25) is 4.72 Å². The highest BCUT2D eigenvalue weighted by Crippen LogP contribution is 2.30. The van der Waals surface area contributed by atoms with Gasteiger partial charge in [-0.15, -0.1) is 0 Å². The van der Waals surface area contributed by atoms with E-state index in [1.54, 1.807) is 18.2 Å². The molecule has 0 aliphatic heterocycles. The summed E-state index contributed by atoms with van der Waals surface area (Å²) in [5.74, 6) is 0. The molecule has 0 amide bonds. The molecule has 0 atom stereocenters. The highest BCUT2D eigenvalue weighted by atomic mass is 127. The number of nitrogens with two attached hydrogens (primary N) is 1. The van der Waals surface area contributed by atoms with Crippen molar-refractivity contribution in [3.8, 4) is 0 Å². The number of benzene rings is 2. The van der Waals surface area contributed by atoms with E-state index in [1.807, 2.05) is 6.07 Å². The zero-order chi connectivity index (χ0) is 15.6. The van der Waals surface area contributed by atoms with Gasteiger partial charge in [0.15, 0.2) is 0 Å². The molecule has 0 saturated heterocycles. The van der Waals surface area contributed by atoms with Crippen molar-refractivity contribution in [2.24, 2.45) is 5.73 Å². The number of hydrogen-bond acceptors (Lipinski definition) is 3. The fraction of sp³-hybridized carbons (Fsp3) is 0.0769. The van der Waals surface area contributed by atoms with Crippen LogP contribution in [0.2, 0.25) is 10.0 Å². The highest BCUT2D eigenvalue weighted by Gasteiger charge is 2.20. The molecule has 0 bridgehead atoms. The van der Waals surface area contributed by atoms with Gasteiger partial charge in [0.05, 0.1) is 5.02 Å². The first-order valence-electron chi connectivity index (χ1n) is 5.80. The second-order valence-electron chi connectivity index (χ2n) is 4.19. The molecule has 0 radical (unpaired) electrons. The third kappa shape index (κ3) is 4.01. The van der Waals surface area contributed by atoms with E-state index in [1.165, 1.54) is 12.1 Å². The molecule has 0 aliphatic rings. The SMILES string of the molecule is NCc1cc(S(=O)(=O)Nc2cccc(I)c2)c(Cl)cc1Cl. The number of sulfonamides is 1. The molecule has 0 heterocycles. The van der Waals surface area contributed by atoms with Crippen LogP contribution in [0.3, 0.4) is 0 Å². The van der Waals surface area contributed by atoms with Gasteiger partial charge in [-0.25, -0.2) is 8.42 Å². The van der Waals surface area contributed by atoms with Gasteiger partial charge >= 0.3 is 0 Å². The number of nitrogens with one attached hydrogen (secondary N) is 1. The van der Waals surface area contributed by atoms with Crippen molar-refractivity contribution in [1.82, 2.24) is 0 Å². The molecule has 112 valence electrons. The lowest BCUT2D eigenvalue weighted by molar-refractivity contribution is 0.601. The Balaban J connectivity index is 2.44. The van der Waals surface area contributed by atoms with E-state index in [0.717, 1.165) is 3.57 Å². The van der Waals surface area contributed by atoms with Crippen molar-refractivity contribution in [2.75, 3.05) is 4.72 Å². The molecule has 3 N–H and O–H groups in total. The van der Waals surface area contributed by atoms with E-state index in [-0.39, 0.29) is 16.5 Å². The Morgan fingerprint density at radius 3 is 2.48 bits per heavy atom. The lowest BCUT2D eigenvalue weighted by Crippen LogP contribution is -2.14. The van der Waals surface area contributed by atoms with Crippen LogP contribution in [0.15, 0.2) is 41.3 Å². The third-order valence-electron chi connectivity index (χ3n) is 2.69. The maximum atomic E-state index is 12.4. The maximum absolute atomic E-state index is 12.4. The van der Waals surface area contributed by atoms with Crippen LogP contribution in [0, 0.1) is 3.57 Å². The Hall–Kier alpha value is -0.540. The summed E-state index contributed by atoms with van der Waals surface area (Å²) in [7, 11) is -3.81. The van der Waals surface area contributed by atoms with Gasteiger partial charge in [0.25, 0.3) is 10.0 Å². The molecule has 8 heteroatoms. The van der Waals surface area contributed by atoms with Gasteiger partial charge < -0.3 is 5.73 Å². The van der Waals surface area contributed by atoms with Gasteiger partial charge in [0, 0.05) is 20.8 Å². The van der Waals surface area contributed by atoms with Crippen molar-refractivity contribution in [3.05, 3.63) is 55.6 Å². The van der Waals surface area contributed by atoms with Crippen molar-refractivity contribution in [1.29, 1.82) is 0 Å². The van der Waals surface area contributed by atoms with Gasteiger partial charge in [0.2, 0.25) is 0 Å². The van der Waals surface area contributed by atoms with Crippen molar-refractivity contribution in [2.45, 2.75) is 11.4 Å². The van der Waals surface area contributed by atoms with Crippen LogP contribution in [-0.4, -0.2) is 8.42 Å². The van der Waals surface area contributed by atoms with E-state index in [4.69, 9.17) is 28.9 Å². The summed E-state index contributed by atoms with van der Waals surface area (Å²) < 4.78 is 28.3. The van der Waals surface area contributed by atoms with Crippen LogP contribution >= 0.6 is 45.8 Å². The minimum absolute atomic E-state index is 0.0483. The van der Waals surface area contributed by atoms with Gasteiger partial charge in [-0.1, -0.05) is 29.3 Å². The molecule has 2 aromatic carbocycles. The molecule has 0 aliphatic carbocycles. The zero-order valence-electron chi connectivity index (χ0n) is 10.6. The predicted octanol–water partition coefficient (Wildman–Crippen LogP) is 3.86. The zero-order valence-corrected chi connectivity index (χ0v) is 15.1. The van der Waals surface area contributed by atoms with Crippen LogP contribution in [-0.2, 0) is 16.6 Å². The van der Waals surface area contributed by atoms with Crippen LogP contribution in [0.5, 0.6) is 0 Å². The van der Waals surface area contributed by atoms with Crippen molar-refractivity contribution < 1.29 is 8.42 Å². The van der Waals surface area contributed by atoms with E-state index < -0.39 is 10.0 Å². The van der Waals surface area contributed by atoms with Crippen LogP contribution in [0.25, 0.3) is 0 Å². The molecule has 2 aromatic rings. The molecule has 0 unspecified atom stereocenters. The molecule has 0 fully saturated rings. The minimum Gasteiger partial charge on any atom is -0.326 e. The van der Waals surface area contributed by atoms with Gasteiger partial charge in [0.1, 0.15) is 4.90 Å². The van der Waals surface area contributed by atoms with E-state index in [2.05, 4.69) is 27.3 Å². The Morgan fingerprint density at radius 1 is 1.14 bits per heavy atom. The van der Waals surface area contributed by atoms with Crippen LogP contribution < -0.4 is 10.5 Å². The van der Waals surface area contributed by atoms with E-state index in [9.17, 15) is 8.42 Å². The van der Waals surface area contributed by atoms with Crippen LogP contribution in [0.1, 0.15) is 5.56 Å². The minimum atomic E-state index is -3.81. The maximum Gasteiger partial charge on any atom is 0.263 e. The van der Waals surface area contributed by atoms with Gasteiger partial charge in [-0.2, -0.15) is 0 Å². The first kappa shape index (κ1) is 16.8. The molecular formula is C13H11Cl2IN2O2S. The average molecular weight is 457 g/mol. The monoisotopic (exact) mass is 456 g/mol. The number of hydrogen-bond donors (Lipinski definition) is 2. The highest BCUT2D eigenvalue weighted by molar-refractivity contribution is 14.1. The molecule has 0 saturated carbocycles. The largest absolute Gasteiger partial charge is 0.326 e. The predicted molar refractivity (Wildman–Crippen MR) is 94.3 cm³/mol. The second kappa shape index (κ2) is 6.70. The summed E-state index contributed by atoms with van der Waals surface area (Å²) in [5, 5.41) is 0.394. The van der Waals surface area contributed by atoms with E-state index >= 15 is 0 Å². The van der Waals surface area contributed by atoms with E-state index in [0.29, 0.717) is 16.3 Å². The lowest BCUT2D eigenvalue weighted by Gasteiger charge is -2.12. The summed E-state index contributed by atoms with van der Waals surface area (Å²) in [5.41, 5.74) is 6.52. The smallest absolute Gasteiger partial charge is 0.263 e. The molecule has 0 spiro atoms. The summed E-state index contributed by atoms with van der Waals surface area (Å²) in [6.07, 6.45) is 0. The Kier molecular flexibility index (Phi) is 5.37. The van der Waals surface area contributed by atoms with Crippen molar-refractivity contribution in [3.63, 3.8) is 0 Å². The van der Waals surface area contributed by atoms with Crippen LogP contribution in [0.4, 0.5) is 5.69 Å². The second-order valence-corrected chi connectivity index (χ2v) is 7.90. The number of rotatable bonds is 4.